The molecule has 2 heterocycles. The van der Waals surface area contributed by atoms with Crippen molar-refractivity contribution in [2.45, 2.75) is 19.4 Å². The zero-order chi connectivity index (χ0) is 10.8. The first-order valence-electron chi connectivity index (χ1n) is 4.47. The van der Waals surface area contributed by atoms with Gasteiger partial charge in [-0.1, -0.05) is 23.7 Å². The van der Waals surface area contributed by atoms with Crippen molar-refractivity contribution in [1.29, 1.82) is 0 Å². The molecule has 1 atom stereocenters. The maximum Gasteiger partial charge on any atom is 0.269 e. The fraction of sp³-hybridized carbons (Fsp3) is 0.333. The van der Waals surface area contributed by atoms with Gasteiger partial charge in [-0.3, -0.25) is 0 Å². The molecule has 2 rings (SSSR count). The maximum atomic E-state index is 9.49. The van der Waals surface area contributed by atoms with E-state index in [9.17, 15) is 5.11 Å². The van der Waals surface area contributed by atoms with Crippen molar-refractivity contribution < 1.29 is 9.63 Å². The summed E-state index contributed by atoms with van der Waals surface area (Å²) in [5.41, 5.74) is 0. The van der Waals surface area contributed by atoms with Crippen molar-refractivity contribution >= 4 is 22.9 Å². The third kappa shape index (κ3) is 2.04. The van der Waals surface area contributed by atoms with E-state index >= 15 is 0 Å². The van der Waals surface area contributed by atoms with Crippen LogP contribution < -0.4 is 0 Å². The van der Waals surface area contributed by atoms with Crippen molar-refractivity contribution in [2.24, 2.45) is 0 Å². The van der Waals surface area contributed by atoms with Gasteiger partial charge in [0, 0.05) is 0 Å². The van der Waals surface area contributed by atoms with Crippen molar-refractivity contribution in [3.8, 4) is 10.8 Å². The Labute approximate surface area is 95.5 Å². The molecule has 0 aliphatic rings. The summed E-state index contributed by atoms with van der Waals surface area (Å²) in [6.45, 7) is 1.85. The molecule has 0 aromatic carbocycles. The minimum Gasteiger partial charge on any atom is -0.385 e. The third-order valence-electron chi connectivity index (χ3n) is 1.94. The van der Waals surface area contributed by atoms with Crippen LogP contribution >= 0.6 is 22.9 Å². The smallest absolute Gasteiger partial charge is 0.269 e. The normalized spacial score (nSPS) is 13.0. The summed E-state index contributed by atoms with van der Waals surface area (Å²) in [7, 11) is 0. The molecular weight excluding hydrogens is 236 g/mol. The number of aliphatic hydroxyl groups excluding tert-OH is 1. The van der Waals surface area contributed by atoms with Gasteiger partial charge in [-0.2, -0.15) is 4.98 Å². The predicted octanol–water partition coefficient (Wildman–Crippen LogP) is 2.89. The number of rotatable bonds is 3. The van der Waals surface area contributed by atoms with Crippen LogP contribution in [0.25, 0.3) is 10.8 Å². The summed E-state index contributed by atoms with van der Waals surface area (Å²) in [6, 6.07) is 1.77. The standard InChI is InChI=1S/C9H9ClN2O2S/c1-2-6(13)8-11-9(14-12-8)7-5(10)3-4-15-7/h3-4,6,13H,2H2,1H3. The lowest BCUT2D eigenvalue weighted by molar-refractivity contribution is 0.159. The van der Waals surface area contributed by atoms with E-state index in [0.717, 1.165) is 4.88 Å². The Balaban J connectivity index is 2.32. The van der Waals surface area contributed by atoms with E-state index in [2.05, 4.69) is 10.1 Å². The molecule has 0 aliphatic heterocycles. The van der Waals surface area contributed by atoms with Crippen LogP contribution in [0.15, 0.2) is 16.0 Å². The lowest BCUT2D eigenvalue weighted by Crippen LogP contribution is -1.97. The van der Waals surface area contributed by atoms with Crippen LogP contribution in [-0.2, 0) is 0 Å². The molecule has 1 N–H and O–H groups in total. The summed E-state index contributed by atoms with van der Waals surface area (Å²) in [6.07, 6.45) is -0.127. The molecule has 2 aromatic heterocycles. The summed E-state index contributed by atoms with van der Waals surface area (Å²) < 4.78 is 5.02. The van der Waals surface area contributed by atoms with E-state index in [0.29, 0.717) is 23.2 Å². The van der Waals surface area contributed by atoms with Crippen LogP contribution in [-0.4, -0.2) is 15.2 Å². The predicted molar refractivity (Wildman–Crippen MR) is 57.9 cm³/mol. The molecule has 0 aliphatic carbocycles. The average molecular weight is 245 g/mol. The molecule has 0 saturated heterocycles. The number of halogens is 1. The third-order valence-corrected chi connectivity index (χ3v) is 3.27. The maximum absolute atomic E-state index is 9.49. The number of hydrogen-bond acceptors (Lipinski definition) is 5. The highest BCUT2D eigenvalue weighted by atomic mass is 35.5. The van der Waals surface area contributed by atoms with Crippen LogP contribution in [0.4, 0.5) is 0 Å². The largest absolute Gasteiger partial charge is 0.385 e. The van der Waals surface area contributed by atoms with E-state index in [4.69, 9.17) is 16.1 Å². The Bertz CT molecular complexity index is 454. The highest BCUT2D eigenvalue weighted by Gasteiger charge is 2.17. The average Bonchev–Trinajstić information content (AvgIpc) is 2.84. The second-order valence-corrected chi connectivity index (χ2v) is 4.30. The molecule has 1 unspecified atom stereocenters. The van der Waals surface area contributed by atoms with Gasteiger partial charge in [0.15, 0.2) is 0 Å². The van der Waals surface area contributed by atoms with Gasteiger partial charge in [0.2, 0.25) is 5.82 Å². The number of aliphatic hydroxyl groups is 1. The van der Waals surface area contributed by atoms with Gasteiger partial charge < -0.3 is 9.63 Å². The van der Waals surface area contributed by atoms with E-state index in [-0.39, 0.29) is 0 Å². The van der Waals surface area contributed by atoms with Crippen LogP contribution in [0, 0.1) is 0 Å². The monoisotopic (exact) mass is 244 g/mol. The molecule has 2 aromatic rings. The summed E-state index contributed by atoms with van der Waals surface area (Å²) in [4.78, 5) is 4.82. The van der Waals surface area contributed by atoms with E-state index in [1.165, 1.54) is 11.3 Å². The number of thiophene rings is 1. The second kappa shape index (κ2) is 4.30. The Hall–Kier alpha value is -0.910. The number of nitrogens with zero attached hydrogens (tertiary/aromatic N) is 2. The number of hydrogen-bond donors (Lipinski definition) is 1. The SMILES string of the molecule is CCC(O)c1noc(-c2sccc2Cl)n1. The first-order valence-corrected chi connectivity index (χ1v) is 5.73. The van der Waals surface area contributed by atoms with Gasteiger partial charge in [0.05, 0.1) is 5.02 Å². The van der Waals surface area contributed by atoms with Crippen LogP contribution in [0.3, 0.4) is 0 Å². The van der Waals surface area contributed by atoms with Crippen molar-refractivity contribution in [3.05, 3.63) is 22.3 Å². The van der Waals surface area contributed by atoms with Gasteiger partial charge in [-0.05, 0) is 17.9 Å². The summed E-state index contributed by atoms with van der Waals surface area (Å²) in [5.74, 6) is 0.662. The number of aromatic nitrogens is 2. The molecule has 0 saturated carbocycles. The van der Waals surface area contributed by atoms with Crippen molar-refractivity contribution in [2.75, 3.05) is 0 Å². The quantitative estimate of drug-likeness (QED) is 0.902. The second-order valence-electron chi connectivity index (χ2n) is 2.98. The first kappa shape index (κ1) is 10.6. The van der Waals surface area contributed by atoms with Gasteiger partial charge in [0.1, 0.15) is 11.0 Å². The van der Waals surface area contributed by atoms with Crippen LogP contribution in [0.2, 0.25) is 5.02 Å². The van der Waals surface area contributed by atoms with Crippen molar-refractivity contribution in [3.63, 3.8) is 0 Å². The molecule has 6 heteroatoms. The molecular formula is C9H9ClN2O2S. The fourth-order valence-electron chi connectivity index (χ4n) is 1.09. The van der Waals surface area contributed by atoms with E-state index in [1.54, 1.807) is 6.07 Å². The first-order chi connectivity index (χ1) is 7.22. The van der Waals surface area contributed by atoms with Crippen LogP contribution in [0.1, 0.15) is 25.3 Å². The van der Waals surface area contributed by atoms with Gasteiger partial charge in [-0.25, -0.2) is 0 Å². The van der Waals surface area contributed by atoms with Crippen molar-refractivity contribution in [1.82, 2.24) is 10.1 Å². The lowest BCUT2D eigenvalue weighted by Gasteiger charge is -1.97. The molecule has 0 radical (unpaired) electrons. The molecule has 15 heavy (non-hydrogen) atoms. The molecule has 0 bridgehead atoms. The van der Waals surface area contributed by atoms with E-state index < -0.39 is 6.10 Å². The van der Waals surface area contributed by atoms with Gasteiger partial charge in [-0.15, -0.1) is 11.3 Å². The minimum absolute atomic E-state index is 0.303. The zero-order valence-corrected chi connectivity index (χ0v) is 9.55. The van der Waals surface area contributed by atoms with E-state index in [1.807, 2.05) is 12.3 Å². The Morgan fingerprint density at radius 3 is 3.07 bits per heavy atom. The molecule has 0 amide bonds. The molecule has 80 valence electrons. The Kier molecular flexibility index (Phi) is 3.04. The van der Waals surface area contributed by atoms with Gasteiger partial charge >= 0.3 is 0 Å². The summed E-state index contributed by atoms with van der Waals surface area (Å²) in [5, 5.41) is 15.6. The Morgan fingerprint density at radius 2 is 2.47 bits per heavy atom. The highest BCUT2D eigenvalue weighted by Crippen LogP contribution is 2.32. The Morgan fingerprint density at radius 1 is 1.67 bits per heavy atom. The van der Waals surface area contributed by atoms with Gasteiger partial charge in [0.25, 0.3) is 5.89 Å². The topological polar surface area (TPSA) is 59.2 Å². The molecule has 0 fully saturated rings. The highest BCUT2D eigenvalue weighted by molar-refractivity contribution is 7.14. The fourth-order valence-corrected chi connectivity index (χ4v) is 2.15. The summed E-state index contributed by atoms with van der Waals surface area (Å²) >= 11 is 7.34. The van der Waals surface area contributed by atoms with Crippen LogP contribution in [0.5, 0.6) is 0 Å². The molecule has 4 nitrogen and oxygen atoms in total. The lowest BCUT2D eigenvalue weighted by atomic mass is 10.3. The zero-order valence-electron chi connectivity index (χ0n) is 7.98. The molecule has 0 spiro atoms. The minimum atomic E-state index is -0.679.